The zero-order chi connectivity index (χ0) is 12.3. The summed E-state index contributed by atoms with van der Waals surface area (Å²) < 4.78 is 26.3. The van der Waals surface area contributed by atoms with Crippen molar-refractivity contribution in [1.82, 2.24) is 10.2 Å². The number of aromatic nitrogens is 2. The first kappa shape index (κ1) is 11.6. The summed E-state index contributed by atoms with van der Waals surface area (Å²) in [6.45, 7) is 0.897. The van der Waals surface area contributed by atoms with Crippen molar-refractivity contribution in [2.75, 3.05) is 0 Å². The minimum Gasteiger partial charge on any atom is -0.202 e. The van der Waals surface area contributed by atoms with Crippen LogP contribution in [0, 0.1) is 0 Å². The molecule has 0 saturated heterocycles. The normalized spacial score (nSPS) is 11.5. The third-order valence-electron chi connectivity index (χ3n) is 2.45. The minimum atomic E-state index is -2.81. The molecule has 0 aliphatic carbocycles. The Balaban J connectivity index is 2.23. The summed E-state index contributed by atoms with van der Waals surface area (Å²) in [7, 11) is 0. The maximum atomic E-state index is 13.1. The Hall–Kier alpha value is -1.84. The number of rotatable bonds is 3. The molecule has 0 unspecified atom stereocenters. The molecule has 1 heterocycles. The summed E-state index contributed by atoms with van der Waals surface area (Å²) in [5, 5.41) is 7.68. The summed E-state index contributed by atoms with van der Waals surface area (Å²) in [6.07, 6.45) is 2.10. The van der Waals surface area contributed by atoms with Crippen molar-refractivity contribution < 1.29 is 8.78 Å². The lowest BCUT2D eigenvalue weighted by atomic mass is 10.0. The van der Waals surface area contributed by atoms with Crippen molar-refractivity contribution in [1.29, 1.82) is 0 Å². The van der Waals surface area contributed by atoms with Crippen molar-refractivity contribution in [2.24, 2.45) is 0 Å². The van der Waals surface area contributed by atoms with Gasteiger partial charge in [-0.3, -0.25) is 0 Å². The molecule has 0 atom stereocenters. The first-order valence-corrected chi connectivity index (χ1v) is 5.29. The third-order valence-corrected chi connectivity index (χ3v) is 2.45. The molecule has 2 nitrogen and oxygen atoms in total. The first-order chi connectivity index (χ1) is 8.05. The Kier molecular flexibility index (Phi) is 3.13. The van der Waals surface area contributed by atoms with Crippen molar-refractivity contribution in [2.45, 2.75) is 19.3 Å². The van der Waals surface area contributed by atoms with Gasteiger partial charge in [-0.25, -0.2) is 8.78 Å². The molecule has 0 radical (unpaired) electrons. The highest BCUT2D eigenvalue weighted by Gasteiger charge is 2.24. The molecular weight excluding hydrogens is 222 g/mol. The van der Waals surface area contributed by atoms with Crippen LogP contribution in [0.1, 0.15) is 23.7 Å². The van der Waals surface area contributed by atoms with Crippen LogP contribution < -0.4 is 0 Å². The van der Waals surface area contributed by atoms with Crippen LogP contribution in [0.4, 0.5) is 8.78 Å². The predicted octanol–water partition coefficient (Wildman–Crippen LogP) is 3.18. The van der Waals surface area contributed by atoms with Gasteiger partial charge in [0.1, 0.15) is 0 Å². The second-order valence-electron chi connectivity index (χ2n) is 3.98. The molecule has 0 N–H and O–H groups in total. The van der Waals surface area contributed by atoms with E-state index in [2.05, 4.69) is 10.2 Å². The van der Waals surface area contributed by atoms with E-state index in [1.807, 2.05) is 12.1 Å². The zero-order valence-electron chi connectivity index (χ0n) is 9.40. The molecule has 2 rings (SSSR count). The molecule has 0 fully saturated rings. The van der Waals surface area contributed by atoms with Gasteiger partial charge in [-0.1, -0.05) is 18.2 Å². The van der Waals surface area contributed by atoms with E-state index in [0.29, 0.717) is 6.42 Å². The Labute approximate surface area is 98.3 Å². The Morgan fingerprint density at radius 2 is 2.00 bits per heavy atom. The zero-order valence-corrected chi connectivity index (χ0v) is 9.40. The summed E-state index contributed by atoms with van der Waals surface area (Å²) in [5.41, 5.74) is 1.60. The van der Waals surface area contributed by atoms with E-state index in [-0.39, 0.29) is 5.56 Å². The van der Waals surface area contributed by atoms with E-state index in [4.69, 9.17) is 0 Å². The van der Waals surface area contributed by atoms with E-state index >= 15 is 0 Å². The molecule has 1 aromatic carbocycles. The highest BCUT2D eigenvalue weighted by Crippen LogP contribution is 2.27. The van der Waals surface area contributed by atoms with Crippen molar-refractivity contribution in [3.8, 4) is 0 Å². The average molecular weight is 234 g/mol. The van der Waals surface area contributed by atoms with Gasteiger partial charge in [0, 0.05) is 25.1 Å². The van der Waals surface area contributed by atoms with E-state index in [1.165, 1.54) is 12.1 Å². The van der Waals surface area contributed by atoms with Crippen LogP contribution >= 0.6 is 0 Å². The Morgan fingerprint density at radius 3 is 2.65 bits per heavy atom. The van der Waals surface area contributed by atoms with Gasteiger partial charge in [-0.05, 0) is 23.8 Å². The maximum Gasteiger partial charge on any atom is 0.270 e. The van der Waals surface area contributed by atoms with Crippen molar-refractivity contribution >= 4 is 0 Å². The molecule has 17 heavy (non-hydrogen) atoms. The van der Waals surface area contributed by atoms with Gasteiger partial charge in [-0.2, -0.15) is 10.2 Å². The van der Waals surface area contributed by atoms with Crippen LogP contribution in [0.5, 0.6) is 0 Å². The number of alkyl halides is 2. The van der Waals surface area contributed by atoms with Gasteiger partial charge in [0.05, 0.1) is 5.69 Å². The predicted molar refractivity (Wildman–Crippen MR) is 60.8 cm³/mol. The maximum absolute atomic E-state index is 13.1. The molecule has 4 heteroatoms. The van der Waals surface area contributed by atoms with Gasteiger partial charge in [0.25, 0.3) is 5.92 Å². The molecule has 0 bridgehead atoms. The van der Waals surface area contributed by atoms with E-state index in [9.17, 15) is 8.78 Å². The van der Waals surface area contributed by atoms with Crippen LogP contribution in [0.2, 0.25) is 0 Å². The number of halogens is 2. The molecule has 0 aliphatic rings. The standard InChI is InChI=1S/C13H12F2N2/c1-13(14,15)11-5-2-4-10(8-11)9-12-6-3-7-16-17-12/h2-8H,9H2,1H3. The highest BCUT2D eigenvalue weighted by atomic mass is 19.3. The topological polar surface area (TPSA) is 25.8 Å². The van der Waals surface area contributed by atoms with Gasteiger partial charge < -0.3 is 0 Å². The first-order valence-electron chi connectivity index (χ1n) is 5.29. The molecule has 0 spiro atoms. The van der Waals surface area contributed by atoms with Crippen LogP contribution in [0.3, 0.4) is 0 Å². The van der Waals surface area contributed by atoms with Crippen LogP contribution in [-0.4, -0.2) is 10.2 Å². The fourth-order valence-corrected chi connectivity index (χ4v) is 1.59. The second-order valence-corrected chi connectivity index (χ2v) is 3.98. The molecule has 0 saturated carbocycles. The molecule has 0 aliphatic heterocycles. The lowest BCUT2D eigenvalue weighted by Gasteiger charge is -2.11. The molecule has 0 amide bonds. The highest BCUT2D eigenvalue weighted by molar-refractivity contribution is 5.29. The smallest absolute Gasteiger partial charge is 0.202 e. The number of hydrogen-bond donors (Lipinski definition) is 0. The molecule has 1 aromatic heterocycles. The van der Waals surface area contributed by atoms with E-state index < -0.39 is 5.92 Å². The third kappa shape index (κ3) is 3.06. The lowest BCUT2D eigenvalue weighted by molar-refractivity contribution is 0.0174. The van der Waals surface area contributed by atoms with Crippen molar-refractivity contribution in [3.05, 3.63) is 59.4 Å². The molecule has 88 valence electrons. The van der Waals surface area contributed by atoms with E-state index in [1.54, 1.807) is 18.3 Å². The minimum absolute atomic E-state index is 0.0268. The average Bonchev–Trinajstić information content (AvgIpc) is 2.29. The van der Waals surface area contributed by atoms with E-state index in [0.717, 1.165) is 18.2 Å². The van der Waals surface area contributed by atoms with Gasteiger partial charge in [-0.15, -0.1) is 0 Å². The number of nitrogens with zero attached hydrogens (tertiary/aromatic N) is 2. The van der Waals surface area contributed by atoms with Crippen molar-refractivity contribution in [3.63, 3.8) is 0 Å². The lowest BCUT2D eigenvalue weighted by Crippen LogP contribution is -2.07. The second kappa shape index (κ2) is 4.57. The Morgan fingerprint density at radius 1 is 1.18 bits per heavy atom. The largest absolute Gasteiger partial charge is 0.270 e. The summed E-state index contributed by atoms with van der Waals surface area (Å²) >= 11 is 0. The quantitative estimate of drug-likeness (QED) is 0.815. The Bertz CT molecular complexity index is 492. The van der Waals surface area contributed by atoms with Gasteiger partial charge in [0.15, 0.2) is 0 Å². The molecule has 2 aromatic rings. The summed E-state index contributed by atoms with van der Waals surface area (Å²) in [6, 6.07) is 9.99. The number of hydrogen-bond acceptors (Lipinski definition) is 2. The number of benzene rings is 1. The molecular formula is C13H12F2N2. The van der Waals surface area contributed by atoms with Crippen LogP contribution in [0.25, 0.3) is 0 Å². The van der Waals surface area contributed by atoms with Gasteiger partial charge >= 0.3 is 0 Å². The van der Waals surface area contributed by atoms with Gasteiger partial charge in [0.2, 0.25) is 0 Å². The van der Waals surface area contributed by atoms with Crippen LogP contribution in [-0.2, 0) is 12.3 Å². The fraction of sp³-hybridized carbons (Fsp3) is 0.231. The monoisotopic (exact) mass is 234 g/mol. The SMILES string of the molecule is CC(F)(F)c1cccc(Cc2cccnn2)c1. The fourth-order valence-electron chi connectivity index (χ4n) is 1.59. The van der Waals surface area contributed by atoms with Crippen LogP contribution in [0.15, 0.2) is 42.6 Å². The summed E-state index contributed by atoms with van der Waals surface area (Å²) in [4.78, 5) is 0. The summed E-state index contributed by atoms with van der Waals surface area (Å²) in [5.74, 6) is -2.81.